The number of hydrogen-bond donors (Lipinski definition) is 0. The summed E-state index contributed by atoms with van der Waals surface area (Å²) in [5.41, 5.74) is 3.67. The molecule has 0 bridgehead atoms. The number of ether oxygens (including phenoxy) is 6. The average molecular weight is 400 g/mol. The Morgan fingerprint density at radius 1 is 0.862 bits per heavy atom. The lowest BCUT2D eigenvalue weighted by atomic mass is 9.67. The molecule has 0 aromatic heterocycles. The van der Waals surface area contributed by atoms with Gasteiger partial charge in [0.05, 0.1) is 20.8 Å². The van der Waals surface area contributed by atoms with Gasteiger partial charge >= 0.3 is 0 Å². The maximum absolute atomic E-state index is 5.68. The van der Waals surface area contributed by atoms with Crippen molar-refractivity contribution in [1.29, 1.82) is 0 Å². The second-order valence-electron chi connectivity index (χ2n) is 7.54. The molecule has 0 spiro atoms. The van der Waals surface area contributed by atoms with Gasteiger partial charge in [-0.05, 0) is 59.2 Å². The Balaban J connectivity index is 1.86. The minimum atomic E-state index is 0.119. The van der Waals surface area contributed by atoms with Gasteiger partial charge in [0.15, 0.2) is 23.0 Å². The van der Waals surface area contributed by atoms with Crippen LogP contribution in [-0.4, -0.2) is 48.4 Å². The third-order valence-electron chi connectivity index (χ3n) is 5.99. The van der Waals surface area contributed by atoms with Gasteiger partial charge in [-0.15, -0.1) is 0 Å². The highest BCUT2D eigenvalue weighted by Crippen LogP contribution is 2.49. The average Bonchev–Trinajstić information content (AvgIpc) is 3.20. The summed E-state index contributed by atoms with van der Waals surface area (Å²) < 4.78 is 33.5. The van der Waals surface area contributed by atoms with Gasteiger partial charge in [-0.3, -0.25) is 0 Å². The summed E-state index contributed by atoms with van der Waals surface area (Å²) in [6.45, 7) is 1.58. The Hall–Kier alpha value is -2.44. The predicted octanol–water partition coefficient (Wildman–Crippen LogP) is 3.65. The summed E-state index contributed by atoms with van der Waals surface area (Å²) in [6.07, 6.45) is 0.914. The largest absolute Gasteiger partial charge is 0.493 e. The lowest BCUT2D eigenvalue weighted by Gasteiger charge is -2.39. The third kappa shape index (κ3) is 3.63. The molecule has 2 aromatic carbocycles. The molecule has 0 radical (unpaired) electrons. The molecule has 0 amide bonds. The van der Waals surface area contributed by atoms with Crippen molar-refractivity contribution >= 4 is 0 Å². The van der Waals surface area contributed by atoms with Crippen molar-refractivity contribution in [3.8, 4) is 23.0 Å². The molecular weight excluding hydrogens is 372 g/mol. The molecule has 4 rings (SSSR count). The molecule has 1 aliphatic heterocycles. The normalized spacial score (nSPS) is 22.3. The SMILES string of the molecule is COC[C@@H]1Cc2cc3c(cc2[C@@H](c2ccc(OC)c(OC)c2)[C@H]1COC)OCO3. The summed E-state index contributed by atoms with van der Waals surface area (Å²) in [5, 5.41) is 0. The number of benzene rings is 2. The van der Waals surface area contributed by atoms with E-state index in [1.54, 1.807) is 28.4 Å². The van der Waals surface area contributed by atoms with Crippen LogP contribution in [0.2, 0.25) is 0 Å². The zero-order valence-corrected chi connectivity index (χ0v) is 17.4. The van der Waals surface area contributed by atoms with Crippen molar-refractivity contribution in [2.75, 3.05) is 48.4 Å². The summed E-state index contributed by atoms with van der Waals surface area (Å²) >= 11 is 0. The number of rotatable bonds is 7. The Labute approximate surface area is 171 Å². The first kappa shape index (κ1) is 19.9. The highest BCUT2D eigenvalue weighted by atomic mass is 16.7. The molecule has 0 saturated carbocycles. The van der Waals surface area contributed by atoms with Gasteiger partial charge in [0.25, 0.3) is 0 Å². The van der Waals surface area contributed by atoms with Crippen molar-refractivity contribution in [2.45, 2.75) is 12.3 Å². The van der Waals surface area contributed by atoms with Crippen LogP contribution in [0.15, 0.2) is 30.3 Å². The van der Waals surface area contributed by atoms with E-state index in [9.17, 15) is 0 Å². The van der Waals surface area contributed by atoms with E-state index in [-0.39, 0.29) is 18.6 Å². The summed E-state index contributed by atoms with van der Waals surface area (Å²) in [5.74, 6) is 3.75. The highest BCUT2D eigenvalue weighted by Gasteiger charge is 2.39. The molecule has 6 nitrogen and oxygen atoms in total. The first-order valence-electron chi connectivity index (χ1n) is 9.82. The molecule has 0 fully saturated rings. The summed E-state index contributed by atoms with van der Waals surface area (Å²) in [6, 6.07) is 10.4. The van der Waals surface area contributed by atoms with Crippen molar-refractivity contribution in [3.63, 3.8) is 0 Å². The van der Waals surface area contributed by atoms with Crippen LogP contribution in [0.4, 0.5) is 0 Å². The lowest BCUT2D eigenvalue weighted by molar-refractivity contribution is 0.0566. The maximum Gasteiger partial charge on any atom is 0.231 e. The van der Waals surface area contributed by atoms with E-state index >= 15 is 0 Å². The van der Waals surface area contributed by atoms with Crippen LogP contribution >= 0.6 is 0 Å². The monoisotopic (exact) mass is 400 g/mol. The maximum atomic E-state index is 5.68. The standard InChI is InChI=1S/C23H28O6/c1-24-11-16-7-15-9-21-22(29-13-28-21)10-17(15)23(18(16)12-25-2)14-5-6-19(26-3)20(8-14)27-4/h5-6,8-10,16,18,23H,7,11-13H2,1-4H3/t16-,18-,23+/m0/s1. The van der Waals surface area contributed by atoms with Crippen LogP contribution in [0.5, 0.6) is 23.0 Å². The summed E-state index contributed by atoms with van der Waals surface area (Å²) in [4.78, 5) is 0. The quantitative estimate of drug-likeness (QED) is 0.707. The van der Waals surface area contributed by atoms with E-state index in [1.165, 1.54) is 11.1 Å². The molecule has 0 unspecified atom stereocenters. The molecule has 1 aliphatic carbocycles. The van der Waals surface area contributed by atoms with Gasteiger partial charge in [0, 0.05) is 26.7 Å². The predicted molar refractivity (Wildman–Crippen MR) is 108 cm³/mol. The molecule has 29 heavy (non-hydrogen) atoms. The van der Waals surface area contributed by atoms with Crippen molar-refractivity contribution in [2.24, 2.45) is 11.8 Å². The molecule has 1 heterocycles. The lowest BCUT2D eigenvalue weighted by Crippen LogP contribution is -2.36. The molecule has 0 saturated heterocycles. The van der Waals surface area contributed by atoms with E-state index in [4.69, 9.17) is 28.4 Å². The van der Waals surface area contributed by atoms with Crippen LogP contribution in [0.3, 0.4) is 0 Å². The fourth-order valence-corrected chi connectivity index (χ4v) is 4.70. The van der Waals surface area contributed by atoms with Gasteiger partial charge in [0.1, 0.15) is 0 Å². The van der Waals surface area contributed by atoms with E-state index < -0.39 is 0 Å². The molecule has 2 aliphatic rings. The van der Waals surface area contributed by atoms with Gasteiger partial charge < -0.3 is 28.4 Å². The van der Waals surface area contributed by atoms with Gasteiger partial charge in [-0.1, -0.05) is 6.07 Å². The second kappa shape index (κ2) is 8.51. The van der Waals surface area contributed by atoms with Crippen molar-refractivity contribution < 1.29 is 28.4 Å². The zero-order chi connectivity index (χ0) is 20.4. The first-order chi connectivity index (χ1) is 14.2. The van der Waals surface area contributed by atoms with Crippen LogP contribution in [0, 0.1) is 11.8 Å². The van der Waals surface area contributed by atoms with Crippen molar-refractivity contribution in [1.82, 2.24) is 0 Å². The van der Waals surface area contributed by atoms with Gasteiger partial charge in [-0.25, -0.2) is 0 Å². The zero-order valence-electron chi connectivity index (χ0n) is 17.4. The third-order valence-corrected chi connectivity index (χ3v) is 5.99. The summed E-state index contributed by atoms with van der Waals surface area (Å²) in [7, 11) is 6.82. The Morgan fingerprint density at radius 3 is 2.28 bits per heavy atom. The number of hydrogen-bond acceptors (Lipinski definition) is 6. The minimum Gasteiger partial charge on any atom is -0.493 e. The van der Waals surface area contributed by atoms with Crippen molar-refractivity contribution in [3.05, 3.63) is 47.0 Å². The van der Waals surface area contributed by atoms with Crippen LogP contribution in [0.1, 0.15) is 22.6 Å². The molecule has 2 aromatic rings. The molecule has 6 heteroatoms. The molecular formula is C23H28O6. The van der Waals surface area contributed by atoms with Crippen LogP contribution in [-0.2, 0) is 15.9 Å². The minimum absolute atomic E-state index is 0.119. The molecule has 156 valence electrons. The Kier molecular flexibility index (Phi) is 5.83. The topological polar surface area (TPSA) is 55.4 Å². The van der Waals surface area contributed by atoms with Crippen LogP contribution in [0.25, 0.3) is 0 Å². The smallest absolute Gasteiger partial charge is 0.231 e. The molecule has 0 N–H and O–H groups in total. The molecule has 3 atom stereocenters. The van der Waals surface area contributed by atoms with E-state index in [0.29, 0.717) is 19.1 Å². The highest BCUT2D eigenvalue weighted by molar-refractivity contribution is 5.55. The van der Waals surface area contributed by atoms with Gasteiger partial charge in [0.2, 0.25) is 6.79 Å². The number of fused-ring (bicyclic) bond motifs is 2. The van der Waals surface area contributed by atoms with E-state index in [1.807, 2.05) is 6.07 Å². The first-order valence-corrected chi connectivity index (χ1v) is 9.82. The van der Waals surface area contributed by atoms with E-state index in [2.05, 4.69) is 24.3 Å². The van der Waals surface area contributed by atoms with Gasteiger partial charge in [-0.2, -0.15) is 0 Å². The Bertz CT molecular complexity index is 865. The van der Waals surface area contributed by atoms with E-state index in [0.717, 1.165) is 35.0 Å². The second-order valence-corrected chi connectivity index (χ2v) is 7.54. The Morgan fingerprint density at radius 2 is 1.59 bits per heavy atom. The fourth-order valence-electron chi connectivity index (χ4n) is 4.70. The van der Waals surface area contributed by atoms with Crippen LogP contribution < -0.4 is 18.9 Å². The fraction of sp³-hybridized carbons (Fsp3) is 0.478. The number of methoxy groups -OCH3 is 4.